The highest BCUT2D eigenvalue weighted by atomic mass is 32.2. The van der Waals surface area contributed by atoms with Gasteiger partial charge in [0.25, 0.3) is 0 Å². The molecule has 3 aromatic rings. The predicted octanol–water partition coefficient (Wildman–Crippen LogP) is 4.73. The minimum atomic E-state index is -2.08. The van der Waals surface area contributed by atoms with Crippen molar-refractivity contribution in [1.29, 1.82) is 0 Å². The van der Waals surface area contributed by atoms with Gasteiger partial charge in [-0.1, -0.05) is 31.1 Å². The van der Waals surface area contributed by atoms with Crippen LogP contribution in [0.3, 0.4) is 0 Å². The van der Waals surface area contributed by atoms with Crippen molar-refractivity contribution in [1.82, 2.24) is 10.1 Å². The van der Waals surface area contributed by atoms with Crippen LogP contribution >= 0.6 is 0 Å². The second kappa shape index (κ2) is 9.76. The quantitative estimate of drug-likeness (QED) is 0.399. The predicted molar refractivity (Wildman–Crippen MR) is 109 cm³/mol. The van der Waals surface area contributed by atoms with Gasteiger partial charge in [-0.05, 0) is 48.7 Å². The van der Waals surface area contributed by atoms with E-state index >= 15 is 0 Å². The highest BCUT2D eigenvalue weighted by Crippen LogP contribution is 2.22. The van der Waals surface area contributed by atoms with Gasteiger partial charge in [0.05, 0.1) is 12.4 Å². The van der Waals surface area contributed by atoms with Crippen LogP contribution in [0.4, 0.5) is 4.39 Å². The molecule has 0 saturated carbocycles. The molecule has 154 valence electrons. The Morgan fingerprint density at radius 1 is 1.21 bits per heavy atom. The van der Waals surface area contributed by atoms with Crippen molar-refractivity contribution in [3.05, 3.63) is 65.3 Å². The summed E-state index contributed by atoms with van der Waals surface area (Å²) in [6, 6.07) is 12.1. The summed E-state index contributed by atoms with van der Waals surface area (Å²) < 4.78 is 45.0. The van der Waals surface area contributed by atoms with Crippen LogP contribution < -0.4 is 4.74 Å². The van der Waals surface area contributed by atoms with Crippen molar-refractivity contribution < 1.29 is 22.4 Å². The Labute approximate surface area is 171 Å². The SMILES string of the molecule is CC(C)c1nc(-c2ccc(OCCCc3cccc(F)c3CS(=O)O)cc2)no1. The standard InChI is InChI=1S/C21H23FN2O4S/c1-14(2)21-23-20(24-28-21)16-8-10-17(11-9-16)27-12-4-6-15-5-3-7-19(22)18(15)13-29(25)26/h3,5,7-11,14H,4,6,12-13H2,1-2H3,(H,25,26). The zero-order valence-electron chi connectivity index (χ0n) is 16.3. The van der Waals surface area contributed by atoms with Crippen molar-refractivity contribution in [2.75, 3.05) is 6.61 Å². The fraction of sp³-hybridized carbons (Fsp3) is 0.333. The minimum Gasteiger partial charge on any atom is -0.494 e. The van der Waals surface area contributed by atoms with E-state index < -0.39 is 16.9 Å². The number of ether oxygens (including phenoxy) is 1. The molecule has 1 unspecified atom stereocenters. The summed E-state index contributed by atoms with van der Waals surface area (Å²) >= 11 is -2.08. The van der Waals surface area contributed by atoms with Crippen LogP contribution in [0.1, 0.15) is 43.2 Å². The van der Waals surface area contributed by atoms with Gasteiger partial charge in [0.1, 0.15) is 11.6 Å². The summed E-state index contributed by atoms with van der Waals surface area (Å²) in [5.41, 5.74) is 1.86. The van der Waals surface area contributed by atoms with E-state index in [-0.39, 0.29) is 11.7 Å². The van der Waals surface area contributed by atoms with E-state index in [4.69, 9.17) is 13.8 Å². The van der Waals surface area contributed by atoms with Crippen LogP contribution in [0, 0.1) is 5.82 Å². The maximum Gasteiger partial charge on any atom is 0.229 e. The van der Waals surface area contributed by atoms with Crippen LogP contribution in [-0.2, 0) is 23.3 Å². The molecule has 0 bridgehead atoms. The molecule has 1 heterocycles. The Kier molecular flexibility index (Phi) is 7.11. The largest absolute Gasteiger partial charge is 0.494 e. The first-order chi connectivity index (χ1) is 13.9. The minimum absolute atomic E-state index is 0.176. The summed E-state index contributed by atoms with van der Waals surface area (Å²) in [7, 11) is 0. The van der Waals surface area contributed by atoms with Gasteiger partial charge in [0.2, 0.25) is 11.7 Å². The van der Waals surface area contributed by atoms with E-state index in [2.05, 4.69) is 10.1 Å². The van der Waals surface area contributed by atoms with Gasteiger partial charge in [-0.15, -0.1) is 0 Å². The molecule has 0 spiro atoms. The van der Waals surface area contributed by atoms with E-state index in [1.54, 1.807) is 12.1 Å². The maximum atomic E-state index is 13.9. The number of aromatic nitrogens is 2. The molecule has 6 nitrogen and oxygen atoms in total. The first-order valence-corrected chi connectivity index (χ1v) is 10.6. The first kappa shape index (κ1) is 21.1. The number of hydrogen-bond donors (Lipinski definition) is 1. The molecule has 0 aliphatic carbocycles. The third-order valence-corrected chi connectivity index (χ3v) is 4.93. The average molecular weight is 418 g/mol. The van der Waals surface area contributed by atoms with E-state index in [0.717, 1.165) is 11.1 Å². The second-order valence-electron chi connectivity index (χ2n) is 6.93. The number of halogens is 1. The maximum absolute atomic E-state index is 13.9. The van der Waals surface area contributed by atoms with Gasteiger partial charge in [0, 0.05) is 17.0 Å². The number of aryl methyl sites for hydroxylation is 1. The molecule has 0 fully saturated rings. The highest BCUT2D eigenvalue weighted by molar-refractivity contribution is 7.78. The molecular weight excluding hydrogens is 395 g/mol. The smallest absolute Gasteiger partial charge is 0.229 e. The average Bonchev–Trinajstić information content (AvgIpc) is 3.18. The van der Waals surface area contributed by atoms with Crippen molar-refractivity contribution in [3.8, 4) is 17.1 Å². The Hall–Kier alpha value is -2.58. The normalized spacial score (nSPS) is 12.3. The molecular formula is C21H23FN2O4S. The number of benzene rings is 2. The lowest BCUT2D eigenvalue weighted by Gasteiger charge is -2.10. The van der Waals surface area contributed by atoms with Gasteiger partial charge in [-0.25, -0.2) is 8.60 Å². The summed E-state index contributed by atoms with van der Waals surface area (Å²) in [4.78, 5) is 4.37. The Balaban J connectivity index is 1.54. The Bertz CT molecular complexity index is 973. The molecule has 8 heteroatoms. The molecule has 0 aliphatic heterocycles. The van der Waals surface area contributed by atoms with Gasteiger partial charge >= 0.3 is 0 Å². The third-order valence-electron chi connectivity index (χ3n) is 4.39. The van der Waals surface area contributed by atoms with Crippen LogP contribution in [0.5, 0.6) is 5.75 Å². The van der Waals surface area contributed by atoms with E-state index in [1.807, 2.05) is 38.1 Å². The van der Waals surface area contributed by atoms with Gasteiger partial charge in [0.15, 0.2) is 11.1 Å². The monoisotopic (exact) mass is 418 g/mol. The topological polar surface area (TPSA) is 85.5 Å². The number of rotatable bonds is 9. The van der Waals surface area contributed by atoms with E-state index in [0.29, 0.717) is 42.5 Å². The number of nitrogens with zero attached hydrogens (tertiary/aromatic N) is 2. The molecule has 1 atom stereocenters. The van der Waals surface area contributed by atoms with Gasteiger partial charge in [-0.2, -0.15) is 4.98 Å². The van der Waals surface area contributed by atoms with Crippen molar-refractivity contribution >= 4 is 11.1 Å². The fourth-order valence-corrected chi connectivity index (χ4v) is 3.43. The lowest BCUT2D eigenvalue weighted by Crippen LogP contribution is -2.05. The molecule has 0 aliphatic rings. The lowest BCUT2D eigenvalue weighted by molar-refractivity contribution is 0.311. The van der Waals surface area contributed by atoms with E-state index in [1.165, 1.54) is 6.07 Å². The number of hydrogen-bond acceptors (Lipinski definition) is 5. The second-order valence-corrected chi connectivity index (χ2v) is 7.86. The highest BCUT2D eigenvalue weighted by Gasteiger charge is 2.12. The Morgan fingerprint density at radius 3 is 2.62 bits per heavy atom. The molecule has 2 aromatic carbocycles. The lowest BCUT2D eigenvalue weighted by atomic mass is 10.0. The molecule has 0 radical (unpaired) electrons. The first-order valence-electron chi connectivity index (χ1n) is 9.34. The Morgan fingerprint density at radius 2 is 1.97 bits per heavy atom. The third kappa shape index (κ3) is 5.71. The summed E-state index contributed by atoms with van der Waals surface area (Å²) in [6.45, 7) is 4.42. The summed E-state index contributed by atoms with van der Waals surface area (Å²) in [5, 5.41) is 3.99. The zero-order valence-corrected chi connectivity index (χ0v) is 17.1. The molecule has 0 amide bonds. The van der Waals surface area contributed by atoms with Crippen molar-refractivity contribution in [2.45, 2.75) is 38.4 Å². The molecule has 3 rings (SSSR count). The molecule has 1 aromatic heterocycles. The van der Waals surface area contributed by atoms with Gasteiger partial charge < -0.3 is 13.8 Å². The van der Waals surface area contributed by atoms with E-state index in [9.17, 15) is 8.60 Å². The van der Waals surface area contributed by atoms with Crippen molar-refractivity contribution in [2.24, 2.45) is 0 Å². The van der Waals surface area contributed by atoms with Gasteiger partial charge in [-0.3, -0.25) is 0 Å². The van der Waals surface area contributed by atoms with Crippen molar-refractivity contribution in [3.63, 3.8) is 0 Å². The van der Waals surface area contributed by atoms with Crippen LogP contribution in [0.15, 0.2) is 47.0 Å². The fourth-order valence-electron chi connectivity index (χ4n) is 2.86. The molecule has 29 heavy (non-hydrogen) atoms. The van der Waals surface area contributed by atoms with Crippen LogP contribution in [-0.4, -0.2) is 25.5 Å². The van der Waals surface area contributed by atoms with Crippen LogP contribution in [0.25, 0.3) is 11.4 Å². The summed E-state index contributed by atoms with van der Waals surface area (Å²) in [6.07, 6.45) is 1.21. The molecule has 1 N–H and O–H groups in total. The zero-order chi connectivity index (χ0) is 20.8. The van der Waals surface area contributed by atoms with Crippen LogP contribution in [0.2, 0.25) is 0 Å². The summed E-state index contributed by atoms with van der Waals surface area (Å²) in [5.74, 6) is 1.36. The molecule has 0 saturated heterocycles.